The summed E-state index contributed by atoms with van der Waals surface area (Å²) in [5.74, 6) is 0.337. The van der Waals surface area contributed by atoms with Crippen molar-refractivity contribution >= 4 is 69.9 Å². The third kappa shape index (κ3) is 6.25. The maximum Gasteiger partial charge on any atom is 0.293 e. The molecule has 1 aromatic heterocycles. The van der Waals surface area contributed by atoms with Crippen LogP contribution in [-0.2, 0) is 15.3 Å². The first-order chi connectivity index (χ1) is 14.4. The number of nitrogens with zero attached hydrogens (tertiary/aromatic N) is 2. The highest BCUT2D eigenvalue weighted by Crippen LogP contribution is 2.33. The molecule has 3 rings (SSSR count). The van der Waals surface area contributed by atoms with Gasteiger partial charge in [0.1, 0.15) is 0 Å². The molecule has 2 heterocycles. The smallest absolute Gasteiger partial charge is 0.293 e. The van der Waals surface area contributed by atoms with Gasteiger partial charge >= 0.3 is 0 Å². The van der Waals surface area contributed by atoms with Gasteiger partial charge in [-0.3, -0.25) is 24.3 Å². The van der Waals surface area contributed by atoms with E-state index in [0.717, 1.165) is 22.4 Å². The highest BCUT2D eigenvalue weighted by atomic mass is 35.5. The van der Waals surface area contributed by atoms with Crippen LogP contribution < -0.4 is 5.32 Å². The SMILES string of the molecule is O=C(CSCc1ccccn1)NCCN1C(=O)SC(=Cc2ccc(Cl)cc2Cl)C1=O. The van der Waals surface area contributed by atoms with Gasteiger partial charge in [-0.2, -0.15) is 0 Å². The van der Waals surface area contributed by atoms with Crippen molar-refractivity contribution in [2.75, 3.05) is 18.8 Å². The number of hydrogen-bond donors (Lipinski definition) is 1. The van der Waals surface area contributed by atoms with Gasteiger partial charge < -0.3 is 5.32 Å². The van der Waals surface area contributed by atoms with E-state index in [2.05, 4.69) is 10.3 Å². The molecule has 10 heteroatoms. The molecule has 0 spiro atoms. The van der Waals surface area contributed by atoms with E-state index >= 15 is 0 Å². The Labute approximate surface area is 192 Å². The summed E-state index contributed by atoms with van der Waals surface area (Å²) in [4.78, 5) is 42.3. The highest BCUT2D eigenvalue weighted by Gasteiger charge is 2.34. The number of pyridine rings is 1. The average Bonchev–Trinajstić information content (AvgIpc) is 2.98. The lowest BCUT2D eigenvalue weighted by Crippen LogP contribution is -2.37. The first-order valence-corrected chi connectivity index (χ1v) is 11.6. The molecule has 30 heavy (non-hydrogen) atoms. The summed E-state index contributed by atoms with van der Waals surface area (Å²) >= 11 is 14.3. The van der Waals surface area contributed by atoms with E-state index in [1.807, 2.05) is 18.2 Å². The Kier molecular flexibility index (Phi) is 8.21. The first kappa shape index (κ1) is 22.7. The number of rotatable bonds is 8. The lowest BCUT2D eigenvalue weighted by Gasteiger charge is -2.13. The minimum atomic E-state index is -0.408. The van der Waals surface area contributed by atoms with Gasteiger partial charge in [-0.05, 0) is 47.7 Å². The Balaban J connectivity index is 1.46. The van der Waals surface area contributed by atoms with Crippen molar-refractivity contribution in [1.29, 1.82) is 0 Å². The van der Waals surface area contributed by atoms with Crippen LogP contribution in [0.2, 0.25) is 10.0 Å². The van der Waals surface area contributed by atoms with Gasteiger partial charge in [0.2, 0.25) is 5.91 Å². The molecule has 3 amide bonds. The summed E-state index contributed by atoms with van der Waals surface area (Å²) in [6.07, 6.45) is 3.28. The van der Waals surface area contributed by atoms with Crippen LogP contribution in [0.15, 0.2) is 47.5 Å². The van der Waals surface area contributed by atoms with Crippen molar-refractivity contribution in [2.45, 2.75) is 5.75 Å². The van der Waals surface area contributed by atoms with Crippen molar-refractivity contribution < 1.29 is 14.4 Å². The molecule has 1 N–H and O–H groups in total. The fraction of sp³-hybridized carbons (Fsp3) is 0.200. The van der Waals surface area contributed by atoms with Crippen LogP contribution >= 0.6 is 46.7 Å². The quantitative estimate of drug-likeness (QED) is 0.560. The molecule has 1 fully saturated rings. The zero-order valence-electron chi connectivity index (χ0n) is 15.6. The minimum absolute atomic E-state index is 0.104. The van der Waals surface area contributed by atoms with Crippen LogP contribution in [-0.4, -0.2) is 45.8 Å². The molecule has 0 aliphatic carbocycles. The van der Waals surface area contributed by atoms with Gasteiger partial charge in [-0.1, -0.05) is 35.3 Å². The second-order valence-corrected chi connectivity index (χ2v) is 8.99. The topological polar surface area (TPSA) is 79.4 Å². The van der Waals surface area contributed by atoms with Crippen LogP contribution in [0, 0.1) is 0 Å². The predicted molar refractivity (Wildman–Crippen MR) is 123 cm³/mol. The molecule has 0 atom stereocenters. The summed E-state index contributed by atoms with van der Waals surface area (Å²) in [7, 11) is 0. The molecule has 0 saturated carbocycles. The highest BCUT2D eigenvalue weighted by molar-refractivity contribution is 8.18. The monoisotopic (exact) mass is 481 g/mol. The van der Waals surface area contributed by atoms with Crippen LogP contribution in [0.1, 0.15) is 11.3 Å². The van der Waals surface area contributed by atoms with Gasteiger partial charge in [0, 0.05) is 35.1 Å². The van der Waals surface area contributed by atoms with E-state index < -0.39 is 5.91 Å². The summed E-state index contributed by atoms with van der Waals surface area (Å²) in [5.41, 5.74) is 1.51. The van der Waals surface area contributed by atoms with Crippen LogP contribution in [0.4, 0.5) is 4.79 Å². The molecular weight excluding hydrogens is 465 g/mol. The second kappa shape index (κ2) is 10.9. The number of thioether (sulfide) groups is 2. The molecule has 2 aromatic rings. The van der Waals surface area contributed by atoms with Crippen LogP contribution in [0.5, 0.6) is 0 Å². The molecule has 1 saturated heterocycles. The largest absolute Gasteiger partial charge is 0.354 e. The average molecular weight is 482 g/mol. The zero-order valence-corrected chi connectivity index (χ0v) is 18.8. The fourth-order valence-corrected chi connectivity index (χ4v) is 4.63. The number of imide groups is 1. The van der Waals surface area contributed by atoms with Gasteiger partial charge in [-0.25, -0.2) is 0 Å². The predicted octanol–water partition coefficient (Wildman–Crippen LogP) is 4.47. The maximum absolute atomic E-state index is 12.5. The van der Waals surface area contributed by atoms with Crippen molar-refractivity contribution in [1.82, 2.24) is 15.2 Å². The fourth-order valence-electron chi connectivity index (χ4n) is 2.54. The maximum atomic E-state index is 12.5. The van der Waals surface area contributed by atoms with Crippen molar-refractivity contribution in [2.24, 2.45) is 0 Å². The first-order valence-electron chi connectivity index (χ1n) is 8.89. The number of benzene rings is 1. The van der Waals surface area contributed by atoms with Crippen molar-refractivity contribution in [3.63, 3.8) is 0 Å². The Morgan fingerprint density at radius 3 is 2.80 bits per heavy atom. The van der Waals surface area contributed by atoms with Crippen LogP contribution in [0.25, 0.3) is 6.08 Å². The second-order valence-electron chi connectivity index (χ2n) is 6.16. The van der Waals surface area contributed by atoms with E-state index in [-0.39, 0.29) is 34.9 Å². The lowest BCUT2D eigenvalue weighted by molar-refractivity contribution is -0.123. The van der Waals surface area contributed by atoms with Gasteiger partial charge in [0.15, 0.2) is 0 Å². The zero-order chi connectivity index (χ0) is 21.5. The molecule has 0 radical (unpaired) electrons. The molecule has 1 aliphatic rings. The van der Waals surface area contributed by atoms with E-state index in [4.69, 9.17) is 23.2 Å². The summed E-state index contributed by atoms with van der Waals surface area (Å²) in [5, 5.41) is 3.23. The molecule has 6 nitrogen and oxygen atoms in total. The molecule has 1 aromatic carbocycles. The Bertz CT molecular complexity index is 987. The number of carbonyl (C=O) groups excluding carboxylic acids is 3. The molecule has 1 aliphatic heterocycles. The van der Waals surface area contributed by atoms with E-state index in [0.29, 0.717) is 21.4 Å². The number of halogens is 2. The van der Waals surface area contributed by atoms with E-state index in [1.54, 1.807) is 30.5 Å². The molecule has 156 valence electrons. The normalized spacial score (nSPS) is 15.1. The van der Waals surface area contributed by atoms with Crippen LogP contribution in [0.3, 0.4) is 0 Å². The van der Waals surface area contributed by atoms with Gasteiger partial charge in [-0.15, -0.1) is 11.8 Å². The van der Waals surface area contributed by atoms with E-state index in [1.165, 1.54) is 11.8 Å². The van der Waals surface area contributed by atoms with Gasteiger partial charge in [0.25, 0.3) is 11.1 Å². The Morgan fingerprint density at radius 2 is 2.07 bits per heavy atom. The molecule has 0 unspecified atom stereocenters. The third-order valence-electron chi connectivity index (χ3n) is 3.99. The Morgan fingerprint density at radius 1 is 1.23 bits per heavy atom. The summed E-state index contributed by atoms with van der Waals surface area (Å²) in [6.45, 7) is 0.295. The minimum Gasteiger partial charge on any atom is -0.354 e. The van der Waals surface area contributed by atoms with Crippen molar-refractivity contribution in [3.05, 3.63) is 68.8 Å². The number of nitrogens with one attached hydrogen (secondary N) is 1. The number of amides is 3. The summed E-state index contributed by atoms with van der Waals surface area (Å²) < 4.78 is 0. The van der Waals surface area contributed by atoms with E-state index in [9.17, 15) is 14.4 Å². The third-order valence-corrected chi connectivity index (χ3v) is 6.43. The number of carbonyl (C=O) groups is 3. The van der Waals surface area contributed by atoms with Gasteiger partial charge in [0.05, 0.1) is 16.4 Å². The number of hydrogen-bond acceptors (Lipinski definition) is 6. The summed E-state index contributed by atoms with van der Waals surface area (Å²) in [6, 6.07) is 10.5. The Hall–Kier alpha value is -2.00. The standard InChI is InChI=1S/C20H17Cl2N3O3S2/c21-14-5-4-13(16(22)10-14)9-17-19(27)25(20(28)30-17)8-7-24-18(26)12-29-11-15-3-1-2-6-23-15/h1-6,9-10H,7-8,11-12H2,(H,24,26). The molecular formula is C20H17Cl2N3O3S2. The van der Waals surface area contributed by atoms with Crippen molar-refractivity contribution in [3.8, 4) is 0 Å². The molecule has 0 bridgehead atoms. The lowest BCUT2D eigenvalue weighted by atomic mass is 10.2. The number of aromatic nitrogens is 1.